The van der Waals surface area contributed by atoms with Gasteiger partial charge < -0.3 is 25.0 Å². The van der Waals surface area contributed by atoms with Gasteiger partial charge in [0, 0.05) is 55.0 Å². The topological polar surface area (TPSA) is 124 Å². The van der Waals surface area contributed by atoms with Crippen LogP contribution in [0.1, 0.15) is 70.1 Å². The molecule has 0 unspecified atom stereocenters. The molecule has 274 valence electrons. The van der Waals surface area contributed by atoms with Crippen LogP contribution in [0.3, 0.4) is 0 Å². The number of fused-ring (bicyclic) bond motifs is 1. The minimum atomic E-state index is -4.48. The van der Waals surface area contributed by atoms with Crippen molar-refractivity contribution in [1.82, 2.24) is 24.6 Å². The third-order valence-corrected chi connectivity index (χ3v) is 9.03. The standard InChI is InChI=1S/C37H46F3N7O4/c1-7-24-19-25(30-21-31(45-46(30)5)43-32(48)18-23-9-8-10-27(17-23)37(38,39)40)20-26-22-41-34(44-33(24)26)42-28-11-13-29(14-12-28)47(36(2,3)4)35(49)51-16-15-50-6/h8-10,17,19-22,28-29H,7,11-16,18H2,1-6H3,(H,41,42,44)(H,43,45,48). The Balaban J connectivity index is 1.25. The molecule has 1 saturated carbocycles. The third kappa shape index (κ3) is 9.34. The van der Waals surface area contributed by atoms with Crippen LogP contribution in [0.25, 0.3) is 22.2 Å². The number of rotatable bonds is 11. The van der Waals surface area contributed by atoms with E-state index in [2.05, 4.69) is 27.6 Å². The van der Waals surface area contributed by atoms with E-state index in [-0.39, 0.29) is 42.3 Å². The second kappa shape index (κ2) is 15.7. The molecule has 1 fully saturated rings. The summed E-state index contributed by atoms with van der Waals surface area (Å²) >= 11 is 0. The first kappa shape index (κ1) is 37.5. The van der Waals surface area contributed by atoms with Crippen LogP contribution in [-0.2, 0) is 40.3 Å². The molecule has 14 heteroatoms. The number of alkyl halides is 3. The molecule has 11 nitrogen and oxygen atoms in total. The fraction of sp³-hybridized carbons (Fsp3) is 0.486. The van der Waals surface area contributed by atoms with Gasteiger partial charge in [-0.2, -0.15) is 18.3 Å². The maximum atomic E-state index is 13.1. The van der Waals surface area contributed by atoms with E-state index in [1.807, 2.05) is 37.8 Å². The Morgan fingerprint density at radius 3 is 2.45 bits per heavy atom. The second-order valence-corrected chi connectivity index (χ2v) is 13.9. The lowest BCUT2D eigenvalue weighted by atomic mass is 9.88. The molecule has 0 radical (unpaired) electrons. The molecule has 0 atom stereocenters. The summed E-state index contributed by atoms with van der Waals surface area (Å²) in [6.07, 6.45) is 0.834. The van der Waals surface area contributed by atoms with Gasteiger partial charge in [0.2, 0.25) is 11.9 Å². The quantitative estimate of drug-likeness (QED) is 0.155. The largest absolute Gasteiger partial charge is 0.447 e. The van der Waals surface area contributed by atoms with Crippen LogP contribution in [0.2, 0.25) is 0 Å². The Labute approximate surface area is 295 Å². The zero-order chi connectivity index (χ0) is 36.9. The summed E-state index contributed by atoms with van der Waals surface area (Å²) in [4.78, 5) is 37.1. The Kier molecular flexibility index (Phi) is 11.5. The smallest absolute Gasteiger partial charge is 0.416 e. The van der Waals surface area contributed by atoms with E-state index in [9.17, 15) is 22.8 Å². The van der Waals surface area contributed by atoms with E-state index < -0.39 is 17.6 Å². The number of nitrogens with one attached hydrogen (secondary N) is 2. The fourth-order valence-electron chi connectivity index (χ4n) is 6.65. The monoisotopic (exact) mass is 709 g/mol. The highest BCUT2D eigenvalue weighted by Gasteiger charge is 2.37. The van der Waals surface area contributed by atoms with E-state index in [1.54, 1.807) is 31.1 Å². The van der Waals surface area contributed by atoms with E-state index in [0.717, 1.165) is 65.5 Å². The number of anilines is 2. The van der Waals surface area contributed by atoms with E-state index in [1.165, 1.54) is 12.1 Å². The van der Waals surface area contributed by atoms with Gasteiger partial charge in [-0.05, 0) is 82.2 Å². The van der Waals surface area contributed by atoms with Crippen LogP contribution >= 0.6 is 0 Å². The maximum absolute atomic E-state index is 13.1. The number of ether oxygens (including phenoxy) is 2. The molecule has 2 aromatic heterocycles. The van der Waals surface area contributed by atoms with Crippen LogP contribution in [-0.4, -0.2) is 74.6 Å². The number of aryl methyl sites for hydroxylation is 2. The molecule has 2 amide bonds. The van der Waals surface area contributed by atoms with Crippen molar-refractivity contribution in [2.75, 3.05) is 31.0 Å². The zero-order valence-corrected chi connectivity index (χ0v) is 29.9. The first-order valence-corrected chi connectivity index (χ1v) is 17.2. The SMILES string of the molecule is CCc1cc(-c2cc(NC(=O)Cc3cccc(C(F)(F)F)c3)nn2C)cc2cnc(NC3CCC(N(C(=O)OCCOC)C(C)(C)C)CC3)nc12. The van der Waals surface area contributed by atoms with Crippen molar-refractivity contribution < 1.29 is 32.2 Å². The first-order chi connectivity index (χ1) is 24.2. The number of halogens is 3. The molecular weight excluding hydrogens is 663 g/mol. The average molecular weight is 710 g/mol. The molecule has 1 aliphatic rings. The highest BCUT2D eigenvalue weighted by atomic mass is 19.4. The molecule has 1 aliphatic carbocycles. The Bertz CT molecular complexity index is 1850. The lowest BCUT2D eigenvalue weighted by Gasteiger charge is -2.43. The van der Waals surface area contributed by atoms with Crippen LogP contribution < -0.4 is 10.6 Å². The van der Waals surface area contributed by atoms with E-state index in [4.69, 9.17) is 14.5 Å². The number of methoxy groups -OCH3 is 1. The van der Waals surface area contributed by atoms with Gasteiger partial charge in [-0.15, -0.1) is 0 Å². The summed E-state index contributed by atoms with van der Waals surface area (Å²) in [5, 5.41) is 11.5. The lowest BCUT2D eigenvalue weighted by molar-refractivity contribution is -0.137. The van der Waals surface area contributed by atoms with Crippen molar-refractivity contribution in [3.63, 3.8) is 0 Å². The number of nitrogens with zero attached hydrogens (tertiary/aromatic N) is 5. The minimum absolute atomic E-state index is 0.0666. The van der Waals surface area contributed by atoms with Crippen molar-refractivity contribution >= 4 is 34.7 Å². The second-order valence-electron chi connectivity index (χ2n) is 13.9. The molecule has 0 saturated heterocycles. The van der Waals surface area contributed by atoms with Gasteiger partial charge in [-0.1, -0.05) is 25.1 Å². The van der Waals surface area contributed by atoms with Gasteiger partial charge in [-0.25, -0.2) is 14.8 Å². The highest BCUT2D eigenvalue weighted by Crippen LogP contribution is 2.33. The Morgan fingerprint density at radius 2 is 1.78 bits per heavy atom. The molecule has 0 aliphatic heterocycles. The van der Waals surface area contributed by atoms with Crippen LogP contribution in [0, 0.1) is 0 Å². The Morgan fingerprint density at radius 1 is 1.04 bits per heavy atom. The van der Waals surface area contributed by atoms with Crippen molar-refractivity contribution in [2.24, 2.45) is 7.05 Å². The van der Waals surface area contributed by atoms with Gasteiger partial charge in [0.15, 0.2) is 5.82 Å². The summed E-state index contributed by atoms with van der Waals surface area (Å²) in [5.74, 6) is 0.369. The molecule has 2 aromatic carbocycles. The van der Waals surface area contributed by atoms with Crippen LogP contribution in [0.5, 0.6) is 0 Å². The average Bonchev–Trinajstić information content (AvgIpc) is 3.43. The first-order valence-electron chi connectivity index (χ1n) is 17.2. The van der Waals surface area contributed by atoms with Crippen molar-refractivity contribution in [1.29, 1.82) is 0 Å². The summed E-state index contributed by atoms with van der Waals surface area (Å²) in [6.45, 7) is 8.69. The summed E-state index contributed by atoms with van der Waals surface area (Å²) in [7, 11) is 3.34. The number of hydrogen-bond donors (Lipinski definition) is 2. The fourth-order valence-corrected chi connectivity index (χ4v) is 6.65. The van der Waals surface area contributed by atoms with Crippen LogP contribution in [0.15, 0.2) is 48.7 Å². The molecule has 51 heavy (non-hydrogen) atoms. The molecule has 0 spiro atoms. The molecule has 5 rings (SSSR count). The van der Waals surface area contributed by atoms with Crippen molar-refractivity contribution in [3.8, 4) is 11.3 Å². The summed E-state index contributed by atoms with van der Waals surface area (Å²) in [6, 6.07) is 10.7. The number of hydrogen-bond acceptors (Lipinski definition) is 8. The predicted octanol–water partition coefficient (Wildman–Crippen LogP) is 7.40. The Hall–Kier alpha value is -4.72. The normalized spacial score (nSPS) is 16.6. The number of carbonyl (C=O) groups is 2. The lowest BCUT2D eigenvalue weighted by Crippen LogP contribution is -2.53. The summed E-state index contributed by atoms with van der Waals surface area (Å²) < 4.78 is 51.5. The maximum Gasteiger partial charge on any atom is 0.416 e. The molecule has 2 heterocycles. The van der Waals surface area contributed by atoms with E-state index in [0.29, 0.717) is 24.8 Å². The number of aromatic nitrogens is 4. The number of amides is 2. The van der Waals surface area contributed by atoms with Crippen molar-refractivity contribution in [2.45, 2.75) is 90.0 Å². The minimum Gasteiger partial charge on any atom is -0.447 e. The predicted molar refractivity (Wildman–Crippen MR) is 189 cm³/mol. The van der Waals surface area contributed by atoms with E-state index >= 15 is 0 Å². The number of benzene rings is 2. The van der Waals surface area contributed by atoms with Gasteiger partial charge >= 0.3 is 12.3 Å². The highest BCUT2D eigenvalue weighted by molar-refractivity contribution is 5.92. The zero-order valence-electron chi connectivity index (χ0n) is 29.9. The number of carbonyl (C=O) groups excluding carboxylic acids is 2. The van der Waals surface area contributed by atoms with Gasteiger partial charge in [-0.3, -0.25) is 9.48 Å². The third-order valence-electron chi connectivity index (χ3n) is 9.03. The van der Waals surface area contributed by atoms with Gasteiger partial charge in [0.25, 0.3) is 0 Å². The van der Waals surface area contributed by atoms with Gasteiger partial charge in [0.05, 0.1) is 29.8 Å². The van der Waals surface area contributed by atoms with Gasteiger partial charge in [0.1, 0.15) is 6.61 Å². The van der Waals surface area contributed by atoms with Crippen molar-refractivity contribution in [3.05, 3.63) is 65.4 Å². The molecule has 0 bridgehead atoms. The van der Waals surface area contributed by atoms with Crippen LogP contribution in [0.4, 0.5) is 29.7 Å². The molecule has 4 aromatic rings. The molecular formula is C37H46F3N7O4. The summed E-state index contributed by atoms with van der Waals surface area (Å²) in [5.41, 5.74) is 2.53. The molecule has 2 N–H and O–H groups in total.